The minimum absolute atomic E-state index is 0.00163. The molecule has 1 fully saturated rings. The highest BCUT2D eigenvalue weighted by Gasteiger charge is 2.39. The van der Waals surface area contributed by atoms with Gasteiger partial charge >= 0.3 is 0 Å². The van der Waals surface area contributed by atoms with Crippen LogP contribution in [0.25, 0.3) is 0 Å². The normalized spacial score (nSPS) is 20.7. The van der Waals surface area contributed by atoms with Crippen molar-refractivity contribution in [3.8, 4) is 0 Å². The van der Waals surface area contributed by atoms with Crippen molar-refractivity contribution in [3.05, 3.63) is 46.0 Å². The van der Waals surface area contributed by atoms with E-state index >= 15 is 0 Å². The molecule has 2 atom stereocenters. The molecule has 0 saturated carbocycles. The van der Waals surface area contributed by atoms with Crippen LogP contribution in [-0.4, -0.2) is 35.4 Å². The van der Waals surface area contributed by atoms with E-state index in [9.17, 15) is 19.7 Å². The molecule has 2 rings (SSSR count). The number of thioether (sulfide) groups is 1. The third kappa shape index (κ3) is 4.09. The maximum absolute atomic E-state index is 12.1. The lowest BCUT2D eigenvalue weighted by Crippen LogP contribution is -2.44. The maximum atomic E-state index is 12.1. The first-order valence-electron chi connectivity index (χ1n) is 6.15. The molecule has 1 saturated heterocycles. The quantitative estimate of drug-likeness (QED) is 0.458. The summed E-state index contributed by atoms with van der Waals surface area (Å²) in [6.07, 6.45) is 0. The predicted octanol–water partition coefficient (Wildman–Crippen LogP) is 0.877. The first kappa shape index (κ1) is 15.1. The van der Waals surface area contributed by atoms with Gasteiger partial charge in [0.05, 0.1) is 5.25 Å². The van der Waals surface area contributed by atoms with E-state index in [-0.39, 0.29) is 23.6 Å². The van der Waals surface area contributed by atoms with Gasteiger partial charge < -0.3 is 15.5 Å². The SMILES string of the molecule is O=C1NC(C(=O)NCCO[N+](=O)[O-])C(c2ccccc2)S1. The average molecular weight is 311 g/mol. The molecule has 8 nitrogen and oxygen atoms in total. The second kappa shape index (κ2) is 6.93. The second-order valence-electron chi connectivity index (χ2n) is 4.21. The first-order valence-corrected chi connectivity index (χ1v) is 7.03. The number of nitrogens with one attached hydrogen (secondary N) is 2. The number of carbonyl (C=O) groups excluding carboxylic acids is 2. The zero-order valence-corrected chi connectivity index (χ0v) is 11.7. The molecule has 112 valence electrons. The molecule has 2 N–H and O–H groups in total. The summed E-state index contributed by atoms with van der Waals surface area (Å²) in [6.45, 7) is -0.235. The van der Waals surface area contributed by atoms with Crippen molar-refractivity contribution in [2.45, 2.75) is 11.3 Å². The summed E-state index contributed by atoms with van der Waals surface area (Å²) >= 11 is 1.05. The first-order chi connectivity index (χ1) is 10.1. The number of nitrogens with zero attached hydrogens (tertiary/aromatic N) is 1. The Kier molecular flexibility index (Phi) is 4.99. The number of amides is 2. The Hall–Kier alpha value is -2.29. The van der Waals surface area contributed by atoms with Crippen molar-refractivity contribution in [3.63, 3.8) is 0 Å². The van der Waals surface area contributed by atoms with Crippen molar-refractivity contribution >= 4 is 22.9 Å². The minimum Gasteiger partial charge on any atom is -0.352 e. The topological polar surface area (TPSA) is 111 Å². The molecule has 2 amide bonds. The Labute approximate surface area is 124 Å². The van der Waals surface area contributed by atoms with Crippen LogP contribution in [0.5, 0.6) is 0 Å². The number of carbonyl (C=O) groups is 2. The highest BCUT2D eigenvalue weighted by molar-refractivity contribution is 8.14. The third-order valence-electron chi connectivity index (χ3n) is 2.82. The molecular weight excluding hydrogens is 298 g/mol. The lowest BCUT2D eigenvalue weighted by atomic mass is 10.0. The van der Waals surface area contributed by atoms with Gasteiger partial charge in [0.1, 0.15) is 12.6 Å². The molecule has 9 heteroatoms. The van der Waals surface area contributed by atoms with Gasteiger partial charge in [-0.25, -0.2) is 0 Å². The highest BCUT2D eigenvalue weighted by Crippen LogP contribution is 2.37. The summed E-state index contributed by atoms with van der Waals surface area (Å²) in [5.41, 5.74) is 0.863. The van der Waals surface area contributed by atoms with Crippen molar-refractivity contribution in [1.29, 1.82) is 0 Å². The minimum atomic E-state index is -0.924. The van der Waals surface area contributed by atoms with Gasteiger partial charge in [0, 0.05) is 6.54 Å². The van der Waals surface area contributed by atoms with Crippen molar-refractivity contribution in [2.75, 3.05) is 13.2 Å². The van der Waals surface area contributed by atoms with Gasteiger partial charge in [-0.15, -0.1) is 10.1 Å². The van der Waals surface area contributed by atoms with Gasteiger partial charge in [-0.3, -0.25) is 9.59 Å². The molecule has 1 aliphatic heterocycles. The zero-order chi connectivity index (χ0) is 15.2. The number of hydrogen-bond acceptors (Lipinski definition) is 6. The van der Waals surface area contributed by atoms with Crippen molar-refractivity contribution < 1.29 is 19.5 Å². The lowest BCUT2D eigenvalue weighted by Gasteiger charge is -2.17. The molecule has 0 bridgehead atoms. The van der Waals surface area contributed by atoms with Gasteiger partial charge in [0.15, 0.2) is 0 Å². The zero-order valence-electron chi connectivity index (χ0n) is 10.9. The molecule has 0 spiro atoms. The van der Waals surface area contributed by atoms with Crippen molar-refractivity contribution in [1.82, 2.24) is 10.6 Å². The van der Waals surface area contributed by atoms with Crippen LogP contribution in [0.15, 0.2) is 30.3 Å². The summed E-state index contributed by atoms with van der Waals surface area (Å²) in [5.74, 6) is -0.394. The average Bonchev–Trinajstić information content (AvgIpc) is 2.86. The molecule has 1 aromatic rings. The number of benzene rings is 1. The van der Waals surface area contributed by atoms with E-state index in [1.807, 2.05) is 30.3 Å². The Morgan fingerprint density at radius 2 is 2.14 bits per heavy atom. The third-order valence-corrected chi connectivity index (χ3v) is 3.95. The molecule has 21 heavy (non-hydrogen) atoms. The van der Waals surface area contributed by atoms with Crippen molar-refractivity contribution in [2.24, 2.45) is 0 Å². The Bertz CT molecular complexity index is 539. The molecular formula is C12H13N3O5S. The maximum Gasteiger partial charge on any atom is 0.294 e. The van der Waals surface area contributed by atoms with Crippen LogP contribution in [-0.2, 0) is 9.63 Å². The fraction of sp³-hybridized carbons (Fsp3) is 0.333. The van der Waals surface area contributed by atoms with Gasteiger partial charge in [-0.05, 0) is 5.56 Å². The van der Waals surface area contributed by atoms with E-state index in [1.54, 1.807) is 0 Å². The summed E-state index contributed by atoms with van der Waals surface area (Å²) in [5, 5.41) is 13.6. The summed E-state index contributed by atoms with van der Waals surface area (Å²) in [6, 6.07) is 8.49. The fourth-order valence-electron chi connectivity index (χ4n) is 1.93. The van der Waals surface area contributed by atoms with Gasteiger partial charge in [-0.2, -0.15) is 0 Å². The van der Waals surface area contributed by atoms with Crippen LogP contribution >= 0.6 is 11.8 Å². The van der Waals surface area contributed by atoms with E-state index in [0.717, 1.165) is 17.3 Å². The summed E-state index contributed by atoms with van der Waals surface area (Å²) < 4.78 is 0. The van der Waals surface area contributed by atoms with Crippen LogP contribution in [0.3, 0.4) is 0 Å². The Morgan fingerprint density at radius 1 is 1.43 bits per heavy atom. The Morgan fingerprint density at radius 3 is 2.81 bits per heavy atom. The lowest BCUT2D eigenvalue weighted by molar-refractivity contribution is -0.757. The molecule has 0 aliphatic carbocycles. The van der Waals surface area contributed by atoms with E-state index < -0.39 is 17.0 Å². The van der Waals surface area contributed by atoms with Gasteiger partial charge in [0.2, 0.25) is 5.91 Å². The highest BCUT2D eigenvalue weighted by atomic mass is 32.2. The molecule has 0 radical (unpaired) electrons. The molecule has 1 heterocycles. The van der Waals surface area contributed by atoms with Crippen LogP contribution in [0.4, 0.5) is 4.79 Å². The summed E-state index contributed by atoms with van der Waals surface area (Å²) in [4.78, 5) is 37.7. The van der Waals surface area contributed by atoms with E-state index in [1.165, 1.54) is 0 Å². The standard InChI is InChI=1S/C12H13N3O5S/c16-11(13-6-7-20-15(18)19)9-10(21-12(17)14-9)8-4-2-1-3-5-8/h1-5,9-10H,6-7H2,(H,13,16)(H,14,17). The fourth-order valence-corrected chi connectivity index (χ4v) is 2.98. The second-order valence-corrected chi connectivity index (χ2v) is 5.32. The number of hydrogen-bond donors (Lipinski definition) is 2. The van der Waals surface area contributed by atoms with Crippen LogP contribution in [0, 0.1) is 10.1 Å². The van der Waals surface area contributed by atoms with Crippen LogP contribution in [0.2, 0.25) is 0 Å². The molecule has 1 aromatic carbocycles. The smallest absolute Gasteiger partial charge is 0.294 e. The molecule has 0 aromatic heterocycles. The van der Waals surface area contributed by atoms with Gasteiger partial charge in [0.25, 0.3) is 10.3 Å². The largest absolute Gasteiger partial charge is 0.352 e. The summed E-state index contributed by atoms with van der Waals surface area (Å²) in [7, 11) is 0. The van der Waals surface area contributed by atoms with E-state index in [2.05, 4.69) is 15.5 Å². The van der Waals surface area contributed by atoms with Gasteiger partial charge in [-0.1, -0.05) is 42.1 Å². The Balaban J connectivity index is 1.95. The predicted molar refractivity (Wildman–Crippen MR) is 75.0 cm³/mol. The molecule has 1 aliphatic rings. The van der Waals surface area contributed by atoms with E-state index in [0.29, 0.717) is 0 Å². The van der Waals surface area contributed by atoms with Crippen LogP contribution in [0.1, 0.15) is 10.8 Å². The van der Waals surface area contributed by atoms with E-state index in [4.69, 9.17) is 0 Å². The number of rotatable bonds is 6. The monoisotopic (exact) mass is 311 g/mol. The van der Waals surface area contributed by atoms with Crippen LogP contribution < -0.4 is 10.6 Å². The molecule has 2 unspecified atom stereocenters.